The Kier molecular flexibility index (Phi) is 10.1. The van der Waals surface area contributed by atoms with Gasteiger partial charge in [-0.15, -0.1) is 0 Å². The van der Waals surface area contributed by atoms with Gasteiger partial charge in [-0.3, -0.25) is 14.4 Å². The van der Waals surface area contributed by atoms with Gasteiger partial charge in [0.05, 0.1) is 17.7 Å². The minimum absolute atomic E-state index is 0.0335. The fourth-order valence-corrected chi connectivity index (χ4v) is 3.74. The predicted octanol–water partition coefficient (Wildman–Crippen LogP) is 1.25. The molecule has 3 amide bonds. The second-order valence-corrected chi connectivity index (χ2v) is 8.27. The molecule has 0 radical (unpaired) electrons. The van der Waals surface area contributed by atoms with Gasteiger partial charge in [-0.1, -0.05) is 6.92 Å². The zero-order valence-electron chi connectivity index (χ0n) is 20.3. The van der Waals surface area contributed by atoms with Crippen molar-refractivity contribution < 1.29 is 33.3 Å². The topological polar surface area (TPSA) is 107 Å². The molecular formula is C23H35N3O7. The van der Waals surface area contributed by atoms with Crippen LogP contribution in [0.25, 0.3) is 0 Å². The van der Waals surface area contributed by atoms with Gasteiger partial charge in [0.25, 0.3) is 5.91 Å². The van der Waals surface area contributed by atoms with Crippen molar-refractivity contribution in [3.05, 3.63) is 23.8 Å². The number of likely N-dealkylation sites (N-methyl/N-ethyl adjacent to an activating group) is 1. The number of carbonyl (C=O) groups excluding carboxylic acids is 3. The Morgan fingerprint density at radius 2 is 1.82 bits per heavy atom. The lowest BCUT2D eigenvalue weighted by atomic mass is 10.0. The Morgan fingerprint density at radius 3 is 2.45 bits per heavy atom. The molecule has 0 saturated heterocycles. The highest BCUT2D eigenvalue weighted by Crippen LogP contribution is 2.26. The number of hydrogen-bond acceptors (Lipinski definition) is 7. The Bertz CT molecular complexity index is 832. The second-order valence-electron chi connectivity index (χ2n) is 8.27. The summed E-state index contributed by atoms with van der Waals surface area (Å²) in [4.78, 5) is 41.2. The van der Waals surface area contributed by atoms with Crippen LogP contribution in [-0.2, 0) is 23.8 Å². The maximum atomic E-state index is 13.3. The van der Waals surface area contributed by atoms with Crippen LogP contribution >= 0.6 is 0 Å². The Balaban J connectivity index is 2.42. The Labute approximate surface area is 195 Å². The van der Waals surface area contributed by atoms with Crippen LogP contribution < -0.4 is 10.1 Å². The monoisotopic (exact) mass is 465 g/mol. The van der Waals surface area contributed by atoms with Gasteiger partial charge in [-0.05, 0) is 25.1 Å². The molecule has 1 aromatic rings. The first-order valence-corrected chi connectivity index (χ1v) is 10.8. The maximum Gasteiger partial charge on any atom is 0.257 e. The molecule has 184 valence electrons. The Morgan fingerprint density at radius 1 is 1.12 bits per heavy atom. The number of nitrogens with one attached hydrogen (secondary N) is 1. The van der Waals surface area contributed by atoms with Crippen LogP contribution in [0.3, 0.4) is 0 Å². The zero-order chi connectivity index (χ0) is 24.5. The SMILES string of the molecule is COCC(=O)Nc1ccc2c(c1)C(=O)N(C)C[C@H](OC)[C@@H](C)CN(C(=O)COC)[C@H](C)CO2. The average molecular weight is 466 g/mol. The number of amides is 3. The van der Waals surface area contributed by atoms with E-state index < -0.39 is 0 Å². The molecule has 10 heteroatoms. The van der Waals surface area contributed by atoms with Crippen molar-refractivity contribution in [1.82, 2.24) is 9.80 Å². The van der Waals surface area contributed by atoms with Crippen LogP contribution in [0.2, 0.25) is 0 Å². The molecule has 1 aliphatic heterocycles. The van der Waals surface area contributed by atoms with Gasteiger partial charge in [0.15, 0.2) is 0 Å². The number of carbonyl (C=O) groups is 3. The number of rotatable bonds is 6. The first-order chi connectivity index (χ1) is 15.7. The van der Waals surface area contributed by atoms with Crippen LogP contribution in [0.15, 0.2) is 18.2 Å². The Hall–Kier alpha value is -2.69. The third-order valence-electron chi connectivity index (χ3n) is 5.59. The summed E-state index contributed by atoms with van der Waals surface area (Å²) in [5.41, 5.74) is 0.757. The number of methoxy groups -OCH3 is 3. The van der Waals surface area contributed by atoms with Gasteiger partial charge in [-0.2, -0.15) is 0 Å². The molecular weight excluding hydrogens is 430 g/mol. The summed E-state index contributed by atoms with van der Waals surface area (Å²) >= 11 is 0. The van der Waals surface area contributed by atoms with Gasteiger partial charge >= 0.3 is 0 Å². The fourth-order valence-electron chi connectivity index (χ4n) is 3.74. The molecule has 2 rings (SSSR count). The molecule has 33 heavy (non-hydrogen) atoms. The van der Waals surface area contributed by atoms with Crippen LogP contribution in [0.5, 0.6) is 5.75 Å². The normalized spacial score (nSPS) is 22.0. The maximum absolute atomic E-state index is 13.3. The minimum Gasteiger partial charge on any atom is -0.491 e. The summed E-state index contributed by atoms with van der Waals surface area (Å²) in [6.45, 7) is 4.67. The van der Waals surface area contributed by atoms with Gasteiger partial charge in [0.2, 0.25) is 11.8 Å². The quantitative estimate of drug-likeness (QED) is 0.674. The first kappa shape index (κ1) is 26.6. The van der Waals surface area contributed by atoms with E-state index >= 15 is 0 Å². The van der Waals surface area contributed by atoms with E-state index in [0.717, 1.165) is 0 Å². The molecule has 1 aromatic carbocycles. The third-order valence-corrected chi connectivity index (χ3v) is 5.59. The molecule has 1 N–H and O–H groups in total. The smallest absolute Gasteiger partial charge is 0.257 e. The van der Waals surface area contributed by atoms with Crippen LogP contribution in [0, 0.1) is 5.92 Å². The molecule has 0 spiro atoms. The largest absolute Gasteiger partial charge is 0.491 e. The highest BCUT2D eigenvalue weighted by atomic mass is 16.5. The summed E-state index contributed by atoms with van der Waals surface area (Å²) in [5, 5.41) is 2.70. The molecule has 0 saturated carbocycles. The van der Waals surface area contributed by atoms with Crippen molar-refractivity contribution in [2.45, 2.75) is 26.0 Å². The number of nitrogens with zero attached hydrogens (tertiary/aromatic N) is 2. The number of anilines is 1. The number of ether oxygens (including phenoxy) is 4. The molecule has 0 aromatic heterocycles. The van der Waals surface area contributed by atoms with Crippen molar-refractivity contribution in [2.24, 2.45) is 5.92 Å². The van der Waals surface area contributed by atoms with E-state index in [1.807, 2.05) is 13.8 Å². The molecule has 0 aliphatic carbocycles. The molecule has 1 heterocycles. The van der Waals surface area contributed by atoms with Crippen molar-refractivity contribution in [1.29, 1.82) is 0 Å². The van der Waals surface area contributed by atoms with Crippen LogP contribution in [0.4, 0.5) is 5.69 Å². The summed E-state index contributed by atoms with van der Waals surface area (Å²) in [6, 6.07) is 4.61. The highest BCUT2D eigenvalue weighted by molar-refractivity contribution is 5.99. The highest BCUT2D eigenvalue weighted by Gasteiger charge is 2.30. The number of fused-ring (bicyclic) bond motifs is 1. The van der Waals surface area contributed by atoms with Crippen LogP contribution in [0.1, 0.15) is 24.2 Å². The van der Waals surface area contributed by atoms with Gasteiger partial charge in [0, 0.05) is 53.1 Å². The van der Waals surface area contributed by atoms with Gasteiger partial charge in [0.1, 0.15) is 25.6 Å². The summed E-state index contributed by atoms with van der Waals surface area (Å²) < 4.78 is 21.6. The molecule has 1 aliphatic rings. The van der Waals surface area contributed by atoms with Crippen molar-refractivity contribution >= 4 is 23.4 Å². The molecule has 0 unspecified atom stereocenters. The van der Waals surface area contributed by atoms with Crippen molar-refractivity contribution in [3.8, 4) is 5.75 Å². The van der Waals surface area contributed by atoms with E-state index in [1.165, 1.54) is 14.2 Å². The summed E-state index contributed by atoms with van der Waals surface area (Å²) in [6.07, 6.45) is -0.294. The summed E-state index contributed by atoms with van der Waals surface area (Å²) in [5.74, 6) is -0.422. The predicted molar refractivity (Wildman–Crippen MR) is 122 cm³/mol. The number of benzene rings is 1. The standard InChI is InChI=1S/C23H35N3O7/c1-15-10-26(22(28)14-31-5)16(2)12-33-19-8-7-17(24-21(27)13-30-4)9-18(19)23(29)25(3)11-20(15)32-6/h7-9,15-16,20H,10-14H2,1-6H3,(H,24,27)/t15-,16+,20-/m0/s1. The molecule has 0 fully saturated rings. The van der Waals surface area contributed by atoms with Crippen molar-refractivity contribution in [3.63, 3.8) is 0 Å². The zero-order valence-corrected chi connectivity index (χ0v) is 20.3. The van der Waals surface area contributed by atoms with E-state index in [2.05, 4.69) is 5.32 Å². The second kappa shape index (κ2) is 12.5. The fraction of sp³-hybridized carbons (Fsp3) is 0.609. The lowest BCUT2D eigenvalue weighted by Crippen LogP contribution is -2.49. The van der Waals surface area contributed by atoms with E-state index in [1.54, 1.807) is 42.2 Å². The number of hydrogen-bond donors (Lipinski definition) is 1. The average Bonchev–Trinajstić information content (AvgIpc) is 2.78. The third kappa shape index (κ3) is 7.15. The van der Waals surface area contributed by atoms with Gasteiger partial charge in [-0.25, -0.2) is 0 Å². The lowest BCUT2D eigenvalue weighted by Gasteiger charge is -2.36. The minimum atomic E-state index is -0.332. The molecule has 3 atom stereocenters. The van der Waals surface area contributed by atoms with Crippen molar-refractivity contribution in [2.75, 3.05) is 66.6 Å². The van der Waals surface area contributed by atoms with Gasteiger partial charge < -0.3 is 34.1 Å². The molecule has 10 nitrogen and oxygen atoms in total. The van der Waals surface area contributed by atoms with E-state index in [4.69, 9.17) is 18.9 Å². The first-order valence-electron chi connectivity index (χ1n) is 10.8. The summed E-state index contributed by atoms with van der Waals surface area (Å²) in [7, 11) is 6.19. The van der Waals surface area contributed by atoms with Crippen LogP contribution in [-0.4, -0.2) is 101 Å². The van der Waals surface area contributed by atoms with E-state index in [-0.39, 0.29) is 55.6 Å². The lowest BCUT2D eigenvalue weighted by molar-refractivity contribution is -0.139. The van der Waals surface area contributed by atoms with E-state index in [0.29, 0.717) is 30.1 Å². The molecule has 0 bridgehead atoms. The van der Waals surface area contributed by atoms with E-state index in [9.17, 15) is 14.4 Å².